The van der Waals surface area contributed by atoms with E-state index in [2.05, 4.69) is 11.8 Å². The first-order chi connectivity index (χ1) is 16.7. The van der Waals surface area contributed by atoms with Crippen molar-refractivity contribution < 1.29 is 14.3 Å². The molecular weight excluding hydrogens is 424 g/mol. The lowest BCUT2D eigenvalue weighted by Gasteiger charge is -2.40. The first-order valence-electron chi connectivity index (χ1n) is 14.0. The van der Waals surface area contributed by atoms with Gasteiger partial charge in [-0.05, 0) is 63.5 Å². The van der Waals surface area contributed by atoms with E-state index in [1.807, 2.05) is 29.2 Å². The molecular formula is C29H44N2O3. The Hall–Kier alpha value is -2.04. The van der Waals surface area contributed by atoms with E-state index in [4.69, 9.17) is 4.74 Å². The molecule has 2 amide bonds. The van der Waals surface area contributed by atoms with E-state index in [9.17, 15) is 9.59 Å². The number of hydrogen-bond donors (Lipinski definition) is 0. The summed E-state index contributed by atoms with van der Waals surface area (Å²) in [7, 11) is 0. The molecule has 2 atom stereocenters. The minimum absolute atomic E-state index is 0.0458. The maximum Gasteiger partial charge on any atom is 0.257 e. The van der Waals surface area contributed by atoms with Crippen molar-refractivity contribution in [2.75, 3.05) is 19.6 Å². The number of hydrogen-bond acceptors (Lipinski definition) is 3. The highest BCUT2D eigenvalue weighted by molar-refractivity contribution is 5.97. The number of para-hydroxylation sites is 1. The minimum atomic E-state index is -0.0458. The van der Waals surface area contributed by atoms with Crippen LogP contribution in [0, 0.1) is 5.92 Å². The molecule has 188 valence electrons. The normalized spacial score (nSPS) is 25.3. The predicted octanol–water partition coefficient (Wildman–Crippen LogP) is 6.21. The number of amides is 2. The van der Waals surface area contributed by atoms with Gasteiger partial charge in [0.2, 0.25) is 5.91 Å². The molecule has 34 heavy (non-hydrogen) atoms. The van der Waals surface area contributed by atoms with Crippen molar-refractivity contribution in [3.8, 4) is 5.75 Å². The van der Waals surface area contributed by atoms with E-state index in [1.165, 1.54) is 19.3 Å². The fourth-order valence-electron chi connectivity index (χ4n) is 5.90. The highest BCUT2D eigenvalue weighted by Gasteiger charge is 2.35. The van der Waals surface area contributed by atoms with Gasteiger partial charge in [-0.25, -0.2) is 0 Å². The lowest BCUT2D eigenvalue weighted by Crippen LogP contribution is -2.51. The van der Waals surface area contributed by atoms with Gasteiger partial charge in [0.1, 0.15) is 11.9 Å². The molecule has 2 aliphatic carbocycles. The molecule has 0 N–H and O–H groups in total. The number of nitrogens with zero attached hydrogens (tertiary/aromatic N) is 2. The lowest BCUT2D eigenvalue weighted by atomic mass is 9.82. The lowest BCUT2D eigenvalue weighted by molar-refractivity contribution is -0.137. The van der Waals surface area contributed by atoms with Crippen molar-refractivity contribution in [2.24, 2.45) is 5.92 Å². The molecule has 0 saturated heterocycles. The van der Waals surface area contributed by atoms with Crippen LogP contribution in [-0.2, 0) is 4.79 Å². The van der Waals surface area contributed by atoms with Crippen LogP contribution in [-0.4, -0.2) is 53.4 Å². The topological polar surface area (TPSA) is 49.9 Å². The van der Waals surface area contributed by atoms with Gasteiger partial charge < -0.3 is 14.5 Å². The summed E-state index contributed by atoms with van der Waals surface area (Å²) < 4.78 is 6.64. The Balaban J connectivity index is 1.57. The van der Waals surface area contributed by atoms with Crippen LogP contribution in [0.5, 0.6) is 5.75 Å². The monoisotopic (exact) mass is 468 g/mol. The zero-order valence-corrected chi connectivity index (χ0v) is 21.2. The maximum absolute atomic E-state index is 13.5. The fourth-order valence-corrected chi connectivity index (χ4v) is 5.90. The highest BCUT2D eigenvalue weighted by atomic mass is 16.5. The van der Waals surface area contributed by atoms with Crippen LogP contribution in [0.25, 0.3) is 0 Å². The molecule has 2 fully saturated rings. The van der Waals surface area contributed by atoms with Gasteiger partial charge in [-0.3, -0.25) is 9.59 Å². The molecule has 5 heteroatoms. The van der Waals surface area contributed by atoms with Crippen LogP contribution in [0.4, 0.5) is 0 Å². The molecule has 1 aromatic carbocycles. The molecule has 2 saturated carbocycles. The molecule has 0 bridgehead atoms. The zero-order chi connectivity index (χ0) is 23.8. The molecule has 0 aromatic heterocycles. The van der Waals surface area contributed by atoms with Crippen LogP contribution >= 0.6 is 0 Å². The van der Waals surface area contributed by atoms with Gasteiger partial charge in [0.25, 0.3) is 5.91 Å². The first-order valence-corrected chi connectivity index (χ1v) is 14.0. The van der Waals surface area contributed by atoms with Gasteiger partial charge in [0, 0.05) is 26.1 Å². The minimum Gasteiger partial charge on any atom is -0.487 e. The third kappa shape index (κ3) is 6.34. The summed E-state index contributed by atoms with van der Waals surface area (Å²) in [5, 5.41) is 0. The van der Waals surface area contributed by atoms with Gasteiger partial charge in [-0.2, -0.15) is 0 Å². The Bertz CT molecular complexity index is 806. The Morgan fingerprint density at radius 2 is 1.65 bits per heavy atom. The first kappa shape index (κ1) is 25.1. The number of carbonyl (C=O) groups is 2. The zero-order valence-electron chi connectivity index (χ0n) is 21.2. The maximum atomic E-state index is 13.5. The molecule has 1 aromatic rings. The van der Waals surface area contributed by atoms with E-state index >= 15 is 0 Å². The van der Waals surface area contributed by atoms with Crippen molar-refractivity contribution in [3.05, 3.63) is 29.8 Å². The number of ether oxygens (including phenoxy) is 1. The van der Waals surface area contributed by atoms with Crippen LogP contribution in [0.1, 0.15) is 107 Å². The van der Waals surface area contributed by atoms with Gasteiger partial charge in [-0.15, -0.1) is 0 Å². The molecule has 5 nitrogen and oxygen atoms in total. The molecule has 0 radical (unpaired) electrons. The number of benzene rings is 1. The third-order valence-electron chi connectivity index (χ3n) is 8.27. The average molecular weight is 469 g/mol. The molecule has 0 spiro atoms. The van der Waals surface area contributed by atoms with E-state index in [1.54, 1.807) is 0 Å². The smallest absolute Gasteiger partial charge is 0.257 e. The second kappa shape index (κ2) is 12.6. The summed E-state index contributed by atoms with van der Waals surface area (Å²) in [5.74, 6) is 1.82. The van der Waals surface area contributed by atoms with E-state index in [0.717, 1.165) is 83.2 Å². The van der Waals surface area contributed by atoms with Crippen molar-refractivity contribution in [1.29, 1.82) is 0 Å². The molecule has 0 unspecified atom stereocenters. The van der Waals surface area contributed by atoms with Gasteiger partial charge in [-0.1, -0.05) is 57.1 Å². The fraction of sp³-hybridized carbons (Fsp3) is 0.724. The summed E-state index contributed by atoms with van der Waals surface area (Å²) in [6.07, 6.45) is 15.3. The van der Waals surface area contributed by atoms with Crippen LogP contribution in [0.3, 0.4) is 0 Å². The predicted molar refractivity (Wildman–Crippen MR) is 136 cm³/mol. The Kier molecular flexibility index (Phi) is 9.29. The van der Waals surface area contributed by atoms with Gasteiger partial charge in [0.15, 0.2) is 0 Å². The van der Waals surface area contributed by atoms with Gasteiger partial charge >= 0.3 is 0 Å². The third-order valence-corrected chi connectivity index (χ3v) is 8.27. The SMILES string of the molecule is CCN1CCCCCCCN(C(=O)CCC2CCC2)[C@@H]2CCCC[C@@H]2Oc2ccccc2C1=O. The Morgan fingerprint density at radius 1 is 0.912 bits per heavy atom. The molecule has 1 aliphatic heterocycles. The van der Waals surface area contributed by atoms with Crippen molar-refractivity contribution in [3.63, 3.8) is 0 Å². The Morgan fingerprint density at radius 3 is 2.41 bits per heavy atom. The number of fused-ring (bicyclic) bond motifs is 2. The second-order valence-electron chi connectivity index (χ2n) is 10.6. The summed E-state index contributed by atoms with van der Waals surface area (Å²) in [6.45, 7) is 4.40. The molecule has 4 rings (SSSR count). The Labute approximate surface area is 206 Å². The highest BCUT2D eigenvalue weighted by Crippen LogP contribution is 2.33. The van der Waals surface area contributed by atoms with E-state index in [0.29, 0.717) is 30.2 Å². The van der Waals surface area contributed by atoms with Gasteiger partial charge in [0.05, 0.1) is 11.6 Å². The number of rotatable bonds is 4. The van der Waals surface area contributed by atoms with Crippen molar-refractivity contribution in [1.82, 2.24) is 9.80 Å². The second-order valence-corrected chi connectivity index (χ2v) is 10.6. The number of carbonyl (C=O) groups excluding carboxylic acids is 2. The van der Waals surface area contributed by atoms with Crippen LogP contribution in [0.2, 0.25) is 0 Å². The quantitative estimate of drug-likeness (QED) is 0.528. The standard InChI is InChI=1S/C29H44N2O3/c1-2-30-21-10-4-3-5-11-22-31(28(32)20-19-23-13-12-14-23)25-16-7-9-18-27(25)34-26-17-8-6-15-24(26)29(30)33/h6,8,15,17,23,25,27H,2-5,7,9-14,16,18-22H2,1H3/t25-,27+/m1/s1. The average Bonchev–Trinajstić information content (AvgIpc) is 2.83. The van der Waals surface area contributed by atoms with E-state index < -0.39 is 0 Å². The van der Waals surface area contributed by atoms with Crippen LogP contribution < -0.4 is 4.74 Å². The summed E-state index contributed by atoms with van der Waals surface area (Å²) >= 11 is 0. The summed E-state index contributed by atoms with van der Waals surface area (Å²) in [5.41, 5.74) is 0.659. The van der Waals surface area contributed by atoms with Crippen LogP contribution in [0.15, 0.2) is 24.3 Å². The largest absolute Gasteiger partial charge is 0.487 e. The molecule has 1 heterocycles. The summed E-state index contributed by atoms with van der Waals surface area (Å²) in [6, 6.07) is 7.83. The summed E-state index contributed by atoms with van der Waals surface area (Å²) in [4.78, 5) is 31.0. The molecule has 3 aliphatic rings. The van der Waals surface area contributed by atoms with E-state index in [-0.39, 0.29) is 18.1 Å². The van der Waals surface area contributed by atoms with Crippen molar-refractivity contribution >= 4 is 11.8 Å². The van der Waals surface area contributed by atoms with Crippen molar-refractivity contribution in [2.45, 2.75) is 109 Å².